The van der Waals surface area contributed by atoms with Crippen LogP contribution in [0.5, 0.6) is 0 Å². The highest BCUT2D eigenvalue weighted by Gasteiger charge is 2.30. The lowest BCUT2D eigenvalue weighted by Crippen LogP contribution is -2.53. The van der Waals surface area contributed by atoms with Crippen molar-refractivity contribution in [3.63, 3.8) is 0 Å². The summed E-state index contributed by atoms with van der Waals surface area (Å²) >= 11 is 0. The van der Waals surface area contributed by atoms with Crippen LogP contribution in [0.1, 0.15) is 38.8 Å². The smallest absolute Gasteiger partial charge is 0.329 e. The number of carbonyl (C=O) groups excluding carboxylic acids is 4. The maximum Gasteiger partial charge on any atom is 0.329 e. The molecule has 8 nitrogen and oxygen atoms in total. The standard InChI is InChI=1S/C28H34F2N2O6/c1-17(2)15-37-27(35)23(13-19-7-5-9-21(29)11-19)31-25(33)26(34)32-24(28(36)38-16-18(3)4)14-20-8-6-10-22(30)12-20/h5-12,17-18,23-24H,13-16H2,1-4H3,(H,31,33)(H,32,34)/t23-,24-/m0/s1. The molecule has 0 saturated heterocycles. The molecule has 2 N–H and O–H groups in total. The lowest BCUT2D eigenvalue weighted by molar-refractivity contribution is -0.152. The predicted molar refractivity (Wildman–Crippen MR) is 136 cm³/mol. The number of hydrogen-bond acceptors (Lipinski definition) is 6. The second-order valence-electron chi connectivity index (χ2n) is 9.77. The van der Waals surface area contributed by atoms with Crippen molar-refractivity contribution in [1.29, 1.82) is 0 Å². The Balaban J connectivity index is 2.17. The van der Waals surface area contributed by atoms with Crippen molar-refractivity contribution in [1.82, 2.24) is 10.6 Å². The number of esters is 2. The lowest BCUT2D eigenvalue weighted by atomic mass is 10.0. The molecule has 2 amide bonds. The van der Waals surface area contributed by atoms with E-state index in [1.807, 2.05) is 27.7 Å². The molecule has 38 heavy (non-hydrogen) atoms. The minimum atomic E-state index is -1.29. The molecule has 0 fully saturated rings. The Morgan fingerprint density at radius 3 is 1.37 bits per heavy atom. The zero-order chi connectivity index (χ0) is 28.2. The molecule has 0 aliphatic carbocycles. The first kappa shape index (κ1) is 30.4. The van der Waals surface area contributed by atoms with Crippen molar-refractivity contribution in [3.8, 4) is 0 Å². The van der Waals surface area contributed by atoms with Gasteiger partial charge >= 0.3 is 23.8 Å². The molecule has 2 atom stereocenters. The van der Waals surface area contributed by atoms with E-state index in [0.717, 1.165) is 0 Å². The van der Waals surface area contributed by atoms with E-state index in [1.165, 1.54) is 36.4 Å². The molecule has 0 aromatic heterocycles. The molecule has 0 aliphatic rings. The highest BCUT2D eigenvalue weighted by atomic mass is 19.1. The van der Waals surface area contributed by atoms with Gasteiger partial charge in [-0.05, 0) is 47.2 Å². The summed E-state index contributed by atoms with van der Waals surface area (Å²) < 4.78 is 37.8. The molecule has 0 unspecified atom stereocenters. The van der Waals surface area contributed by atoms with Crippen molar-refractivity contribution < 1.29 is 37.4 Å². The van der Waals surface area contributed by atoms with Gasteiger partial charge in [-0.15, -0.1) is 0 Å². The third-order valence-electron chi connectivity index (χ3n) is 5.16. The van der Waals surface area contributed by atoms with Gasteiger partial charge in [0.05, 0.1) is 13.2 Å². The molecule has 0 bridgehead atoms. The van der Waals surface area contributed by atoms with Gasteiger partial charge in [0, 0.05) is 12.8 Å². The zero-order valence-electron chi connectivity index (χ0n) is 22.0. The number of halogens is 2. The van der Waals surface area contributed by atoms with Crippen molar-refractivity contribution in [3.05, 3.63) is 71.3 Å². The summed E-state index contributed by atoms with van der Waals surface area (Å²) in [6.07, 6.45) is -0.256. The maximum atomic E-state index is 13.7. The van der Waals surface area contributed by atoms with Gasteiger partial charge in [0.25, 0.3) is 0 Å². The van der Waals surface area contributed by atoms with Crippen LogP contribution in [-0.2, 0) is 41.5 Å². The van der Waals surface area contributed by atoms with E-state index in [1.54, 1.807) is 12.1 Å². The number of hydrogen-bond donors (Lipinski definition) is 2. The van der Waals surface area contributed by atoms with E-state index >= 15 is 0 Å². The molecule has 2 aromatic carbocycles. The van der Waals surface area contributed by atoms with Crippen LogP contribution in [-0.4, -0.2) is 49.1 Å². The summed E-state index contributed by atoms with van der Waals surface area (Å²) in [5, 5.41) is 4.63. The molecule has 2 aromatic rings. The summed E-state index contributed by atoms with van der Waals surface area (Å²) in [6.45, 7) is 7.49. The number of carbonyl (C=O) groups is 4. The Kier molecular flexibility index (Phi) is 11.8. The fourth-order valence-electron chi connectivity index (χ4n) is 3.33. The summed E-state index contributed by atoms with van der Waals surface area (Å²) in [7, 11) is 0. The van der Waals surface area contributed by atoms with Crippen LogP contribution in [0, 0.1) is 23.5 Å². The van der Waals surface area contributed by atoms with E-state index in [4.69, 9.17) is 9.47 Å². The zero-order valence-corrected chi connectivity index (χ0v) is 22.0. The number of nitrogens with one attached hydrogen (secondary N) is 2. The SMILES string of the molecule is CC(C)COC(=O)[C@H](Cc1cccc(F)c1)NC(=O)C(=O)N[C@@H](Cc1cccc(F)c1)C(=O)OCC(C)C. The summed E-state index contributed by atoms with van der Waals surface area (Å²) in [5.74, 6) is -5.00. The average molecular weight is 533 g/mol. The van der Waals surface area contributed by atoms with Crippen LogP contribution in [0.25, 0.3) is 0 Å². The number of ether oxygens (including phenoxy) is 2. The molecule has 206 valence electrons. The van der Waals surface area contributed by atoms with Gasteiger partial charge in [-0.2, -0.15) is 0 Å². The third kappa shape index (κ3) is 10.7. The Morgan fingerprint density at radius 1 is 0.684 bits per heavy atom. The summed E-state index contributed by atoms with van der Waals surface area (Å²) in [6, 6.07) is 8.34. The summed E-state index contributed by atoms with van der Waals surface area (Å²) in [5.41, 5.74) is 0.803. The molecular weight excluding hydrogens is 498 g/mol. The molecule has 10 heteroatoms. The molecule has 0 radical (unpaired) electrons. The predicted octanol–water partition coefficient (Wildman–Crippen LogP) is 3.12. The van der Waals surface area contributed by atoms with Gasteiger partial charge in [0.1, 0.15) is 23.7 Å². The first-order chi connectivity index (χ1) is 17.9. The Bertz CT molecular complexity index is 1030. The van der Waals surface area contributed by atoms with Crippen LogP contribution >= 0.6 is 0 Å². The maximum absolute atomic E-state index is 13.7. The second kappa shape index (κ2) is 14.8. The fourth-order valence-corrected chi connectivity index (χ4v) is 3.33. The summed E-state index contributed by atoms with van der Waals surface area (Å²) in [4.78, 5) is 50.9. The number of benzene rings is 2. The first-order valence-corrected chi connectivity index (χ1v) is 12.4. The van der Waals surface area contributed by atoms with Crippen LogP contribution in [0.2, 0.25) is 0 Å². The Hall–Kier alpha value is -3.82. The van der Waals surface area contributed by atoms with Crippen LogP contribution < -0.4 is 10.6 Å². The minimum absolute atomic E-state index is 0.0215. The van der Waals surface area contributed by atoms with E-state index in [2.05, 4.69) is 10.6 Å². The topological polar surface area (TPSA) is 111 Å². The monoisotopic (exact) mass is 532 g/mol. The van der Waals surface area contributed by atoms with Gasteiger partial charge in [0.2, 0.25) is 0 Å². The first-order valence-electron chi connectivity index (χ1n) is 12.4. The van der Waals surface area contributed by atoms with Gasteiger partial charge < -0.3 is 20.1 Å². The van der Waals surface area contributed by atoms with Gasteiger partial charge in [-0.1, -0.05) is 52.0 Å². The van der Waals surface area contributed by atoms with Crippen molar-refractivity contribution in [2.24, 2.45) is 11.8 Å². The Labute approximate surface area is 221 Å². The molecule has 0 spiro atoms. The second-order valence-corrected chi connectivity index (χ2v) is 9.77. The van der Waals surface area contributed by atoms with E-state index in [9.17, 15) is 28.0 Å². The van der Waals surface area contributed by atoms with Crippen molar-refractivity contribution >= 4 is 23.8 Å². The van der Waals surface area contributed by atoms with Gasteiger partial charge in [-0.3, -0.25) is 9.59 Å². The van der Waals surface area contributed by atoms with E-state index < -0.39 is 47.5 Å². The van der Waals surface area contributed by atoms with Crippen LogP contribution in [0.15, 0.2) is 48.5 Å². The molecular formula is C28H34F2N2O6. The van der Waals surface area contributed by atoms with Gasteiger partial charge in [-0.25, -0.2) is 18.4 Å². The normalized spacial score (nSPS) is 12.5. The minimum Gasteiger partial charge on any atom is -0.464 e. The van der Waals surface area contributed by atoms with Crippen molar-refractivity contribution in [2.75, 3.05) is 13.2 Å². The quantitative estimate of drug-likeness (QED) is 0.321. The van der Waals surface area contributed by atoms with Gasteiger partial charge in [0.15, 0.2) is 0 Å². The number of amides is 2. The number of rotatable bonds is 12. The average Bonchev–Trinajstić information content (AvgIpc) is 2.84. The molecule has 0 aliphatic heterocycles. The fraction of sp³-hybridized carbons (Fsp3) is 0.429. The highest BCUT2D eigenvalue weighted by Crippen LogP contribution is 2.10. The van der Waals surface area contributed by atoms with Crippen LogP contribution in [0.4, 0.5) is 8.78 Å². The van der Waals surface area contributed by atoms with Crippen LogP contribution in [0.3, 0.4) is 0 Å². The molecule has 0 heterocycles. The van der Waals surface area contributed by atoms with E-state index in [0.29, 0.717) is 11.1 Å². The molecule has 2 rings (SSSR count). The highest BCUT2D eigenvalue weighted by molar-refractivity contribution is 6.35. The largest absolute Gasteiger partial charge is 0.464 e. The van der Waals surface area contributed by atoms with E-state index in [-0.39, 0.29) is 37.9 Å². The Morgan fingerprint density at radius 2 is 1.05 bits per heavy atom. The van der Waals surface area contributed by atoms with Crippen molar-refractivity contribution in [2.45, 2.75) is 52.6 Å². The molecule has 0 saturated carbocycles. The third-order valence-corrected chi connectivity index (χ3v) is 5.16. The lowest BCUT2D eigenvalue weighted by Gasteiger charge is -2.21.